The highest BCUT2D eigenvalue weighted by atomic mass is 35.5. The molecule has 4 heteroatoms. The van der Waals surface area contributed by atoms with Gasteiger partial charge in [0.2, 0.25) is 6.79 Å². The molecule has 0 amide bonds. The van der Waals surface area contributed by atoms with Gasteiger partial charge in [0.1, 0.15) is 0 Å². The smallest absolute Gasteiger partial charge is 0.231 e. The van der Waals surface area contributed by atoms with Gasteiger partial charge in [-0.3, -0.25) is 4.90 Å². The number of ether oxygens (including phenoxy) is 2. The highest BCUT2D eigenvalue weighted by molar-refractivity contribution is 6.21. The van der Waals surface area contributed by atoms with Crippen molar-refractivity contribution in [1.82, 2.24) is 4.90 Å². The Morgan fingerprint density at radius 2 is 1.86 bits per heavy atom. The van der Waals surface area contributed by atoms with Gasteiger partial charge in [-0.2, -0.15) is 0 Å². The lowest BCUT2D eigenvalue weighted by Gasteiger charge is -2.23. The van der Waals surface area contributed by atoms with E-state index in [0.29, 0.717) is 6.79 Å². The van der Waals surface area contributed by atoms with Gasteiger partial charge >= 0.3 is 0 Å². The summed E-state index contributed by atoms with van der Waals surface area (Å²) in [5.41, 5.74) is 2.37. The first-order chi connectivity index (χ1) is 10.8. The number of hydrogen-bond acceptors (Lipinski definition) is 3. The molecule has 3 nitrogen and oxygen atoms in total. The van der Waals surface area contributed by atoms with Crippen LogP contribution in [0.4, 0.5) is 0 Å². The zero-order valence-electron chi connectivity index (χ0n) is 12.7. The molecule has 0 saturated heterocycles. The minimum atomic E-state index is -0.0711. The third-order valence-corrected chi connectivity index (χ3v) is 4.26. The summed E-state index contributed by atoms with van der Waals surface area (Å²) in [6.45, 7) is 5.12. The molecular weight excluding hydrogens is 298 g/mol. The molecular formula is C18H20ClNO2. The molecule has 0 aromatic heterocycles. The Kier molecular flexibility index (Phi) is 4.86. The van der Waals surface area contributed by atoms with Crippen molar-refractivity contribution in [2.75, 3.05) is 19.9 Å². The molecule has 0 aliphatic carbocycles. The molecule has 0 radical (unpaired) electrons. The summed E-state index contributed by atoms with van der Waals surface area (Å²) in [5.74, 6) is 1.58. The quantitative estimate of drug-likeness (QED) is 0.745. The summed E-state index contributed by atoms with van der Waals surface area (Å²) in [5, 5.41) is -0.0711. The minimum absolute atomic E-state index is 0.0711. The molecule has 3 rings (SSSR count). The van der Waals surface area contributed by atoms with Gasteiger partial charge in [0.05, 0.1) is 5.38 Å². The second-order valence-electron chi connectivity index (χ2n) is 5.39. The lowest BCUT2D eigenvalue weighted by Crippen LogP contribution is -2.26. The van der Waals surface area contributed by atoms with Crippen LogP contribution in [0.2, 0.25) is 0 Å². The largest absolute Gasteiger partial charge is 0.454 e. The Morgan fingerprint density at radius 1 is 1.09 bits per heavy atom. The molecule has 1 heterocycles. The van der Waals surface area contributed by atoms with Gasteiger partial charge < -0.3 is 9.47 Å². The number of benzene rings is 2. The van der Waals surface area contributed by atoms with Crippen LogP contribution >= 0.6 is 11.6 Å². The molecule has 1 unspecified atom stereocenters. The maximum atomic E-state index is 6.61. The van der Waals surface area contributed by atoms with Crippen molar-refractivity contribution in [1.29, 1.82) is 0 Å². The van der Waals surface area contributed by atoms with E-state index in [2.05, 4.69) is 36.1 Å². The van der Waals surface area contributed by atoms with Gasteiger partial charge in [-0.1, -0.05) is 43.3 Å². The van der Waals surface area contributed by atoms with E-state index in [1.807, 2.05) is 24.3 Å². The predicted molar refractivity (Wildman–Crippen MR) is 88.6 cm³/mol. The Balaban J connectivity index is 1.65. The fourth-order valence-corrected chi connectivity index (χ4v) is 2.92. The Bertz CT molecular complexity index is 618. The van der Waals surface area contributed by atoms with E-state index < -0.39 is 0 Å². The highest BCUT2D eigenvalue weighted by Gasteiger charge is 2.18. The third-order valence-electron chi connectivity index (χ3n) is 3.87. The van der Waals surface area contributed by atoms with Gasteiger partial charge in [-0.25, -0.2) is 0 Å². The van der Waals surface area contributed by atoms with E-state index in [4.69, 9.17) is 21.1 Å². The lowest BCUT2D eigenvalue weighted by atomic mass is 10.1. The molecule has 1 aliphatic rings. The number of nitrogens with zero attached hydrogens (tertiary/aromatic N) is 1. The summed E-state index contributed by atoms with van der Waals surface area (Å²) < 4.78 is 10.8. The summed E-state index contributed by atoms with van der Waals surface area (Å²) in [6.07, 6.45) is 0. The van der Waals surface area contributed by atoms with Crippen molar-refractivity contribution >= 4 is 11.6 Å². The SMILES string of the molecule is CCN(Cc1ccccc1)CC(Cl)c1ccc2c(c1)OCO2. The number of fused-ring (bicyclic) bond motifs is 1. The van der Waals surface area contributed by atoms with Gasteiger partial charge in [0.25, 0.3) is 0 Å². The Morgan fingerprint density at radius 3 is 2.64 bits per heavy atom. The van der Waals surface area contributed by atoms with Crippen molar-refractivity contribution in [3.8, 4) is 11.5 Å². The minimum Gasteiger partial charge on any atom is -0.454 e. The zero-order valence-corrected chi connectivity index (χ0v) is 13.4. The summed E-state index contributed by atoms with van der Waals surface area (Å²) >= 11 is 6.61. The molecule has 2 aromatic carbocycles. The van der Waals surface area contributed by atoms with Crippen LogP contribution in [0.25, 0.3) is 0 Å². The number of halogens is 1. The lowest BCUT2D eigenvalue weighted by molar-refractivity contribution is 0.174. The first kappa shape index (κ1) is 15.2. The van der Waals surface area contributed by atoms with Crippen LogP contribution in [0.1, 0.15) is 23.4 Å². The second kappa shape index (κ2) is 7.03. The molecule has 1 atom stereocenters. The third kappa shape index (κ3) is 3.54. The predicted octanol–water partition coefficient (Wildman–Crippen LogP) is 4.22. The zero-order chi connectivity index (χ0) is 15.4. The van der Waals surface area contributed by atoms with E-state index >= 15 is 0 Å². The first-order valence-corrected chi connectivity index (χ1v) is 8.00. The molecule has 0 bridgehead atoms. The number of likely N-dealkylation sites (N-methyl/N-ethyl adjacent to an activating group) is 1. The van der Waals surface area contributed by atoms with E-state index in [-0.39, 0.29) is 5.38 Å². The van der Waals surface area contributed by atoms with Crippen LogP contribution in [0.15, 0.2) is 48.5 Å². The van der Waals surface area contributed by atoms with Gasteiger partial charge in [0.15, 0.2) is 11.5 Å². The second-order valence-corrected chi connectivity index (χ2v) is 5.92. The average molecular weight is 318 g/mol. The molecule has 0 spiro atoms. The van der Waals surface area contributed by atoms with E-state index in [1.165, 1.54) is 5.56 Å². The van der Waals surface area contributed by atoms with Gasteiger partial charge in [-0.15, -0.1) is 11.6 Å². The van der Waals surface area contributed by atoms with Crippen molar-refractivity contribution in [2.24, 2.45) is 0 Å². The fraction of sp³-hybridized carbons (Fsp3) is 0.333. The monoisotopic (exact) mass is 317 g/mol. The van der Waals surface area contributed by atoms with Crippen molar-refractivity contribution in [3.63, 3.8) is 0 Å². The van der Waals surface area contributed by atoms with E-state index in [9.17, 15) is 0 Å². The number of alkyl halides is 1. The maximum Gasteiger partial charge on any atom is 0.231 e. The number of hydrogen-bond donors (Lipinski definition) is 0. The van der Waals surface area contributed by atoms with Crippen molar-refractivity contribution in [2.45, 2.75) is 18.8 Å². The number of rotatable bonds is 6. The molecule has 2 aromatic rings. The molecule has 0 saturated carbocycles. The van der Waals surface area contributed by atoms with Crippen molar-refractivity contribution < 1.29 is 9.47 Å². The Hall–Kier alpha value is -1.71. The molecule has 116 valence electrons. The molecule has 0 fully saturated rings. The van der Waals surface area contributed by atoms with Crippen LogP contribution in [-0.4, -0.2) is 24.8 Å². The fourth-order valence-electron chi connectivity index (χ4n) is 2.59. The summed E-state index contributed by atoms with van der Waals surface area (Å²) in [4.78, 5) is 2.34. The standard InChI is InChI=1S/C18H20ClNO2/c1-2-20(11-14-6-4-3-5-7-14)12-16(19)15-8-9-17-18(10-15)22-13-21-17/h3-10,16H,2,11-13H2,1H3. The van der Waals surface area contributed by atoms with Gasteiger partial charge in [-0.05, 0) is 29.8 Å². The molecule has 22 heavy (non-hydrogen) atoms. The maximum absolute atomic E-state index is 6.61. The topological polar surface area (TPSA) is 21.7 Å². The van der Waals surface area contributed by atoms with Crippen LogP contribution < -0.4 is 9.47 Å². The Labute approximate surface area is 136 Å². The van der Waals surface area contributed by atoms with E-state index in [0.717, 1.165) is 36.7 Å². The molecule has 0 N–H and O–H groups in total. The van der Waals surface area contributed by atoms with Crippen molar-refractivity contribution in [3.05, 3.63) is 59.7 Å². The molecule has 1 aliphatic heterocycles. The average Bonchev–Trinajstić information content (AvgIpc) is 3.02. The van der Waals surface area contributed by atoms with Crippen LogP contribution in [0, 0.1) is 0 Å². The first-order valence-electron chi connectivity index (χ1n) is 7.56. The highest BCUT2D eigenvalue weighted by Crippen LogP contribution is 2.35. The summed E-state index contributed by atoms with van der Waals surface area (Å²) in [7, 11) is 0. The van der Waals surface area contributed by atoms with Gasteiger partial charge in [0, 0.05) is 13.1 Å². The summed E-state index contributed by atoms with van der Waals surface area (Å²) in [6, 6.07) is 16.4. The normalized spacial score (nSPS) is 14.3. The van der Waals surface area contributed by atoms with Crippen LogP contribution in [0.3, 0.4) is 0 Å². The van der Waals surface area contributed by atoms with E-state index in [1.54, 1.807) is 0 Å². The van der Waals surface area contributed by atoms with Crippen LogP contribution in [0.5, 0.6) is 11.5 Å². The van der Waals surface area contributed by atoms with Crippen LogP contribution in [-0.2, 0) is 6.54 Å².